The summed E-state index contributed by atoms with van der Waals surface area (Å²) in [4.78, 5) is 93.8. The number of esters is 1. The molecule has 0 saturated heterocycles. The number of likely N-dealkylation sites (N-methyl/N-ethyl adjacent to an activating group) is 1. The average molecular weight is 899 g/mol. The number of nitrogens with one attached hydrogen (secondary N) is 5. The van der Waals surface area contributed by atoms with Gasteiger partial charge in [0.25, 0.3) is 0 Å². The molecule has 1 aliphatic rings. The second-order valence-corrected chi connectivity index (χ2v) is 17.7. The van der Waals surface area contributed by atoms with Gasteiger partial charge in [-0.3, -0.25) is 19.2 Å². The lowest BCUT2D eigenvalue weighted by molar-refractivity contribution is -0.146. The lowest BCUT2D eigenvalue weighted by atomic mass is 9.93. The molecule has 1 heterocycles. The van der Waals surface area contributed by atoms with Gasteiger partial charge in [0, 0.05) is 38.1 Å². The number of rotatable bonds is 16. The molecule has 0 fully saturated rings. The SMILES string of the molecule is COC(=O)[C@@H]1Cc2ccc(OCCNC(=O)OC(C)(C)C)c(c2)-c2cc(ccc2OCCNC(=O)OC(C)(C)C)[C@H](N(C)C(=O)[C@H](COCC(C)C)NC(C)=O)C(=O)N[C@@H](C)C(=O)N1. The average Bonchev–Trinajstić information content (AvgIpc) is 3.18. The Hall–Kier alpha value is -6.11. The van der Waals surface area contributed by atoms with Crippen LogP contribution < -0.4 is 36.1 Å². The quantitative estimate of drug-likeness (QED) is 0.0922. The van der Waals surface area contributed by atoms with Gasteiger partial charge in [0.1, 0.15) is 60.1 Å². The normalized spacial score (nSPS) is 17.0. The van der Waals surface area contributed by atoms with Crippen molar-refractivity contribution in [3.05, 3.63) is 47.5 Å². The van der Waals surface area contributed by atoms with E-state index in [4.69, 9.17) is 28.4 Å². The van der Waals surface area contributed by atoms with E-state index in [1.807, 2.05) is 13.8 Å². The van der Waals surface area contributed by atoms with E-state index in [1.54, 1.807) is 77.9 Å². The zero-order valence-electron chi connectivity index (χ0n) is 39.1. The zero-order chi connectivity index (χ0) is 47.9. The number of nitrogens with zero attached hydrogens (tertiary/aromatic N) is 1. The Balaban J connectivity index is 2.25. The van der Waals surface area contributed by atoms with Gasteiger partial charge in [-0.05, 0) is 89.8 Å². The molecule has 1 aliphatic heterocycles. The van der Waals surface area contributed by atoms with Gasteiger partial charge in [0.05, 0.1) is 26.8 Å². The number of carbonyl (C=O) groups excluding carboxylic acids is 7. The molecule has 2 aromatic carbocycles. The highest BCUT2D eigenvalue weighted by atomic mass is 16.6. The molecule has 19 heteroatoms. The van der Waals surface area contributed by atoms with Crippen LogP contribution in [0.25, 0.3) is 11.1 Å². The molecule has 0 unspecified atom stereocenters. The van der Waals surface area contributed by atoms with Crippen molar-refractivity contribution in [3.63, 3.8) is 0 Å². The topological polar surface area (TPSA) is 238 Å². The van der Waals surface area contributed by atoms with Crippen molar-refractivity contribution in [2.75, 3.05) is 53.7 Å². The lowest BCUT2D eigenvalue weighted by Crippen LogP contribution is -2.55. The maximum Gasteiger partial charge on any atom is 0.407 e. The highest BCUT2D eigenvalue weighted by Gasteiger charge is 2.36. The number of fused-ring (bicyclic) bond motifs is 5. The van der Waals surface area contributed by atoms with Crippen LogP contribution in [0.1, 0.15) is 86.4 Å². The predicted octanol–water partition coefficient (Wildman–Crippen LogP) is 3.56. The minimum absolute atomic E-state index is 0.0221. The molecule has 19 nitrogen and oxygen atoms in total. The Morgan fingerprint density at radius 2 is 1.34 bits per heavy atom. The second kappa shape index (κ2) is 23.5. The van der Waals surface area contributed by atoms with Crippen molar-refractivity contribution < 1.29 is 62.0 Å². The summed E-state index contributed by atoms with van der Waals surface area (Å²) < 4.78 is 34.0. The van der Waals surface area contributed by atoms with E-state index in [0.29, 0.717) is 29.0 Å². The van der Waals surface area contributed by atoms with Crippen LogP contribution in [0.15, 0.2) is 36.4 Å². The Kier molecular flexibility index (Phi) is 19.2. The fourth-order valence-corrected chi connectivity index (χ4v) is 6.34. The van der Waals surface area contributed by atoms with Crippen LogP contribution >= 0.6 is 0 Å². The maximum absolute atomic E-state index is 14.5. The number of hydrogen-bond acceptors (Lipinski definition) is 13. The smallest absolute Gasteiger partial charge is 0.407 e. The minimum atomic E-state index is -1.42. The standard InChI is InChI=1S/C45H66N6O13/c1-26(2)24-60-25-34(49-28(4)52)40(55)51(11)37-30-14-16-36(62-20-18-47-43(58)64-45(8,9)10)32(23-30)31-21-29(13-15-35(31)61-19-17-46-42(57)63-44(5,6)7)22-33(41(56)59-12)50-38(53)27(3)48-39(37)54/h13-16,21,23,26-27,33-34,37H,17-20,22,24-25H2,1-12H3,(H,46,57)(H,47,58)(H,48,54)(H,49,52)(H,50,53)/t27-,33-,34-,37-/m0/s1. The van der Waals surface area contributed by atoms with Gasteiger partial charge in [-0.1, -0.05) is 26.0 Å². The summed E-state index contributed by atoms with van der Waals surface area (Å²) in [5.41, 5.74) is 0.146. The largest absolute Gasteiger partial charge is 0.491 e. The Morgan fingerprint density at radius 3 is 1.86 bits per heavy atom. The molecule has 4 atom stereocenters. The van der Waals surface area contributed by atoms with Crippen molar-refractivity contribution in [2.24, 2.45) is 5.92 Å². The van der Waals surface area contributed by atoms with Crippen LogP contribution in [0, 0.1) is 5.92 Å². The molecule has 64 heavy (non-hydrogen) atoms. The number of amides is 6. The zero-order valence-corrected chi connectivity index (χ0v) is 39.1. The molecule has 354 valence electrons. The third-order valence-electron chi connectivity index (χ3n) is 9.10. The molecule has 0 aromatic heterocycles. The van der Waals surface area contributed by atoms with Gasteiger partial charge >= 0.3 is 18.2 Å². The molecule has 3 rings (SSSR count). The van der Waals surface area contributed by atoms with E-state index in [-0.39, 0.29) is 56.6 Å². The lowest BCUT2D eigenvalue weighted by Gasteiger charge is -2.32. The molecular weight excluding hydrogens is 833 g/mol. The van der Waals surface area contributed by atoms with Crippen LogP contribution in [0.5, 0.6) is 11.5 Å². The van der Waals surface area contributed by atoms with Gasteiger partial charge in [-0.25, -0.2) is 14.4 Å². The van der Waals surface area contributed by atoms with E-state index < -0.39 is 77.2 Å². The van der Waals surface area contributed by atoms with Crippen LogP contribution in [0.4, 0.5) is 9.59 Å². The number of carbonyl (C=O) groups is 7. The van der Waals surface area contributed by atoms with Crippen molar-refractivity contribution in [3.8, 4) is 22.6 Å². The summed E-state index contributed by atoms with van der Waals surface area (Å²) in [6.07, 6.45) is -1.32. The molecule has 0 spiro atoms. The van der Waals surface area contributed by atoms with Crippen LogP contribution in [-0.4, -0.2) is 130 Å². The first-order valence-corrected chi connectivity index (χ1v) is 21.2. The Morgan fingerprint density at radius 1 is 0.797 bits per heavy atom. The van der Waals surface area contributed by atoms with Crippen molar-refractivity contribution >= 4 is 41.8 Å². The summed E-state index contributed by atoms with van der Waals surface area (Å²) in [5, 5.41) is 13.3. The summed E-state index contributed by atoms with van der Waals surface area (Å²) in [6.45, 7) is 17.1. The second-order valence-electron chi connectivity index (χ2n) is 17.7. The van der Waals surface area contributed by atoms with Crippen molar-refractivity contribution in [2.45, 2.75) is 111 Å². The van der Waals surface area contributed by atoms with E-state index in [2.05, 4.69) is 26.6 Å². The molecule has 6 amide bonds. The van der Waals surface area contributed by atoms with E-state index in [1.165, 1.54) is 28.0 Å². The van der Waals surface area contributed by atoms with Crippen LogP contribution in [-0.2, 0) is 49.3 Å². The minimum Gasteiger partial charge on any atom is -0.491 e. The highest BCUT2D eigenvalue weighted by Crippen LogP contribution is 2.40. The van der Waals surface area contributed by atoms with Crippen molar-refractivity contribution in [1.82, 2.24) is 31.5 Å². The molecule has 0 saturated carbocycles. The van der Waals surface area contributed by atoms with Gasteiger partial charge in [-0.2, -0.15) is 0 Å². The fourth-order valence-electron chi connectivity index (χ4n) is 6.34. The van der Waals surface area contributed by atoms with Crippen LogP contribution in [0.2, 0.25) is 0 Å². The third kappa shape index (κ3) is 16.9. The summed E-state index contributed by atoms with van der Waals surface area (Å²) in [5.74, 6) is -2.69. The summed E-state index contributed by atoms with van der Waals surface area (Å²) in [7, 11) is 2.58. The monoisotopic (exact) mass is 898 g/mol. The van der Waals surface area contributed by atoms with Gasteiger partial charge in [-0.15, -0.1) is 0 Å². The number of hydrogen-bond donors (Lipinski definition) is 5. The molecular formula is C45H66N6O13. The number of ether oxygens (including phenoxy) is 6. The predicted molar refractivity (Wildman–Crippen MR) is 235 cm³/mol. The molecule has 0 radical (unpaired) electrons. The Labute approximate surface area is 375 Å². The maximum atomic E-state index is 14.5. The highest BCUT2D eigenvalue weighted by molar-refractivity contribution is 5.96. The molecule has 2 aromatic rings. The van der Waals surface area contributed by atoms with E-state index in [9.17, 15) is 33.6 Å². The van der Waals surface area contributed by atoms with Crippen molar-refractivity contribution in [1.29, 1.82) is 0 Å². The number of benzene rings is 2. The number of methoxy groups -OCH3 is 1. The molecule has 4 bridgehead atoms. The first kappa shape index (κ1) is 52.2. The first-order valence-electron chi connectivity index (χ1n) is 21.2. The van der Waals surface area contributed by atoms with Gasteiger partial charge < -0.3 is 59.9 Å². The van der Waals surface area contributed by atoms with E-state index in [0.717, 1.165) is 4.90 Å². The van der Waals surface area contributed by atoms with Gasteiger partial charge in [0.2, 0.25) is 23.6 Å². The van der Waals surface area contributed by atoms with Gasteiger partial charge in [0.15, 0.2) is 0 Å². The number of alkyl carbamates (subject to hydrolysis) is 2. The molecule has 0 aliphatic carbocycles. The Bertz CT molecular complexity index is 1980. The van der Waals surface area contributed by atoms with E-state index >= 15 is 0 Å². The summed E-state index contributed by atoms with van der Waals surface area (Å²) >= 11 is 0. The third-order valence-corrected chi connectivity index (χ3v) is 9.10. The first-order chi connectivity index (χ1) is 29.9. The molecule has 5 N–H and O–H groups in total. The fraction of sp³-hybridized carbons (Fsp3) is 0.578. The summed E-state index contributed by atoms with van der Waals surface area (Å²) in [6, 6.07) is 4.88. The van der Waals surface area contributed by atoms with Crippen LogP contribution in [0.3, 0.4) is 0 Å².